The Bertz CT molecular complexity index is 1510. The summed E-state index contributed by atoms with van der Waals surface area (Å²) >= 11 is 0. The second-order valence-electron chi connectivity index (χ2n) is 7.47. The maximum absolute atomic E-state index is 14.8. The third kappa shape index (κ3) is 3.12. The van der Waals surface area contributed by atoms with E-state index in [0.717, 1.165) is 40.4 Å². The summed E-state index contributed by atoms with van der Waals surface area (Å²) in [6, 6.07) is 22.5. The van der Waals surface area contributed by atoms with Gasteiger partial charge in [-0.15, -0.1) is 0 Å². The van der Waals surface area contributed by atoms with Crippen molar-refractivity contribution >= 4 is 44.6 Å². The fourth-order valence-corrected chi connectivity index (χ4v) is 6.95. The van der Waals surface area contributed by atoms with Gasteiger partial charge < -0.3 is 4.57 Å². The van der Waals surface area contributed by atoms with Gasteiger partial charge in [-0.25, -0.2) is 17.6 Å². The summed E-state index contributed by atoms with van der Waals surface area (Å²) in [7, 11) is -3.93. The van der Waals surface area contributed by atoms with Crippen LogP contribution in [0.5, 0.6) is 0 Å². The van der Waals surface area contributed by atoms with Crippen molar-refractivity contribution in [3.8, 4) is 0 Å². The molecule has 32 heavy (non-hydrogen) atoms. The van der Waals surface area contributed by atoms with Crippen molar-refractivity contribution in [2.45, 2.75) is 0 Å². The summed E-state index contributed by atoms with van der Waals surface area (Å²) in [4.78, 5) is 0. The smallest absolute Gasteiger partial charge is 0.171 e. The molecule has 0 aliphatic carbocycles. The minimum absolute atomic E-state index is 0.0113. The molecule has 0 saturated heterocycles. The molecule has 0 fully saturated rings. The summed E-state index contributed by atoms with van der Waals surface area (Å²) in [5.74, 6) is -4.52. The van der Waals surface area contributed by atoms with Crippen LogP contribution in [-0.4, -0.2) is 0 Å². The maximum atomic E-state index is 14.8. The molecule has 0 amide bonds. The van der Waals surface area contributed by atoms with Crippen LogP contribution in [0.15, 0.2) is 91.0 Å². The van der Waals surface area contributed by atoms with Crippen molar-refractivity contribution in [1.82, 2.24) is 0 Å². The first kappa shape index (κ1) is 20.5. The molecule has 0 bridgehead atoms. The van der Waals surface area contributed by atoms with Crippen LogP contribution in [0, 0.1) is 23.3 Å². The van der Waals surface area contributed by atoms with Gasteiger partial charge in [-0.05, 0) is 64.0 Å². The fraction of sp³-hybridized carbons (Fsp3) is 0. The molecule has 5 aromatic carbocycles. The highest BCUT2D eigenvalue weighted by Gasteiger charge is 2.33. The first-order chi connectivity index (χ1) is 15.4. The summed E-state index contributed by atoms with van der Waals surface area (Å²) < 4.78 is 70.7. The van der Waals surface area contributed by atoms with E-state index in [9.17, 15) is 22.1 Å². The van der Waals surface area contributed by atoms with Gasteiger partial charge in [0.15, 0.2) is 30.4 Å². The first-order valence-electron chi connectivity index (χ1n) is 9.82. The van der Waals surface area contributed by atoms with Crippen molar-refractivity contribution in [1.29, 1.82) is 0 Å². The molecule has 0 atom stereocenters. The number of halogens is 4. The molecular formula is C26H15F4OP. The number of hydrogen-bond acceptors (Lipinski definition) is 1. The van der Waals surface area contributed by atoms with Crippen LogP contribution in [0.3, 0.4) is 0 Å². The molecule has 5 rings (SSSR count). The van der Waals surface area contributed by atoms with E-state index in [2.05, 4.69) is 0 Å². The zero-order valence-corrected chi connectivity index (χ0v) is 17.4. The van der Waals surface area contributed by atoms with Crippen LogP contribution in [0.4, 0.5) is 17.6 Å². The van der Waals surface area contributed by atoms with Gasteiger partial charge in [-0.2, -0.15) is 0 Å². The van der Waals surface area contributed by atoms with E-state index in [0.29, 0.717) is 10.7 Å². The van der Waals surface area contributed by atoms with Gasteiger partial charge in [0.2, 0.25) is 0 Å². The van der Waals surface area contributed by atoms with E-state index in [4.69, 9.17) is 0 Å². The van der Waals surface area contributed by atoms with Gasteiger partial charge in [0.25, 0.3) is 0 Å². The molecule has 0 radical (unpaired) electrons. The summed E-state index contributed by atoms with van der Waals surface area (Å²) in [6.07, 6.45) is 0. The Labute approximate surface area is 181 Å². The fourth-order valence-electron chi connectivity index (χ4n) is 4.08. The third-order valence-electron chi connectivity index (χ3n) is 5.62. The average molecular weight is 450 g/mol. The largest absolute Gasteiger partial charge is 0.309 e. The Balaban J connectivity index is 1.95. The predicted molar refractivity (Wildman–Crippen MR) is 121 cm³/mol. The number of fused-ring (bicyclic) bond motifs is 3. The third-order valence-corrected chi connectivity index (χ3v) is 8.68. The van der Waals surface area contributed by atoms with Gasteiger partial charge in [0.05, 0.1) is 0 Å². The van der Waals surface area contributed by atoms with Gasteiger partial charge in [-0.3, -0.25) is 0 Å². The topological polar surface area (TPSA) is 17.1 Å². The van der Waals surface area contributed by atoms with Crippen LogP contribution in [0.2, 0.25) is 0 Å². The maximum Gasteiger partial charge on any atom is 0.171 e. The molecule has 0 aliphatic heterocycles. The monoisotopic (exact) mass is 450 g/mol. The molecule has 0 aromatic heterocycles. The summed E-state index contributed by atoms with van der Waals surface area (Å²) in [6.45, 7) is 0. The quantitative estimate of drug-likeness (QED) is 0.182. The molecule has 158 valence electrons. The Morgan fingerprint density at radius 2 is 1.00 bits per heavy atom. The predicted octanol–water partition coefficient (Wildman–Crippen LogP) is 6.19. The van der Waals surface area contributed by atoms with Crippen molar-refractivity contribution < 1.29 is 22.1 Å². The van der Waals surface area contributed by atoms with Gasteiger partial charge >= 0.3 is 0 Å². The Morgan fingerprint density at radius 3 is 1.56 bits per heavy atom. The van der Waals surface area contributed by atoms with E-state index in [-0.39, 0.29) is 10.6 Å². The number of benzene rings is 5. The highest BCUT2D eigenvalue weighted by atomic mass is 31.2. The molecule has 0 heterocycles. The Kier molecular flexibility index (Phi) is 4.87. The van der Waals surface area contributed by atoms with Gasteiger partial charge in [0, 0.05) is 15.9 Å². The molecule has 0 spiro atoms. The standard InChI is InChI=1S/C26H15F4OP/c27-22-11-9-17(14-24(22)29)32(31,18-10-12-23(28)25(30)15-18)26-13-16-5-1-2-6-19(16)20-7-3-4-8-21(20)26/h1-15H. The molecule has 6 heteroatoms. The van der Waals surface area contributed by atoms with Crippen LogP contribution in [0.25, 0.3) is 21.5 Å². The minimum atomic E-state index is -3.93. The molecule has 0 N–H and O–H groups in total. The number of hydrogen-bond donors (Lipinski definition) is 0. The van der Waals surface area contributed by atoms with E-state index >= 15 is 0 Å². The lowest BCUT2D eigenvalue weighted by molar-refractivity contribution is 0.509. The van der Waals surface area contributed by atoms with Crippen molar-refractivity contribution in [3.05, 3.63) is 114 Å². The molecule has 1 nitrogen and oxygen atoms in total. The highest BCUT2D eigenvalue weighted by molar-refractivity contribution is 7.85. The number of rotatable bonds is 3. The Morgan fingerprint density at radius 1 is 0.500 bits per heavy atom. The second kappa shape index (κ2) is 7.61. The van der Waals surface area contributed by atoms with Gasteiger partial charge in [-0.1, -0.05) is 48.5 Å². The lowest BCUT2D eigenvalue weighted by Gasteiger charge is -2.23. The Hall–Kier alpha value is -3.43. The van der Waals surface area contributed by atoms with Crippen molar-refractivity contribution in [2.75, 3.05) is 0 Å². The van der Waals surface area contributed by atoms with Crippen molar-refractivity contribution in [3.63, 3.8) is 0 Å². The minimum Gasteiger partial charge on any atom is -0.309 e. The van der Waals surface area contributed by atoms with Gasteiger partial charge in [0.1, 0.15) is 0 Å². The summed E-state index contributed by atoms with van der Waals surface area (Å²) in [5.41, 5.74) is 0. The zero-order valence-electron chi connectivity index (χ0n) is 16.5. The molecular weight excluding hydrogens is 435 g/mol. The first-order valence-corrected chi connectivity index (χ1v) is 11.5. The normalized spacial score (nSPS) is 11.9. The van der Waals surface area contributed by atoms with E-state index in [1.165, 1.54) is 12.1 Å². The van der Waals surface area contributed by atoms with Crippen molar-refractivity contribution in [2.24, 2.45) is 0 Å². The van der Waals surface area contributed by atoms with Crippen LogP contribution >= 0.6 is 7.14 Å². The van der Waals surface area contributed by atoms with E-state index < -0.39 is 30.4 Å². The molecule has 5 aromatic rings. The van der Waals surface area contributed by atoms with E-state index in [1.807, 2.05) is 36.4 Å². The van der Waals surface area contributed by atoms with Crippen LogP contribution < -0.4 is 15.9 Å². The lowest BCUT2D eigenvalue weighted by Crippen LogP contribution is -2.27. The molecule has 0 saturated carbocycles. The van der Waals surface area contributed by atoms with Crippen LogP contribution in [-0.2, 0) is 4.57 Å². The SMILES string of the molecule is O=P(c1ccc(F)c(F)c1)(c1ccc(F)c(F)c1)c1cc2ccccc2c2ccccc12. The second-order valence-corrected chi connectivity index (χ2v) is 10.2. The van der Waals surface area contributed by atoms with E-state index in [1.54, 1.807) is 18.2 Å². The van der Waals surface area contributed by atoms with Crippen LogP contribution in [0.1, 0.15) is 0 Å². The summed E-state index contributed by atoms with van der Waals surface area (Å²) in [5, 5.41) is 3.46. The molecule has 0 unspecified atom stereocenters. The highest BCUT2D eigenvalue weighted by Crippen LogP contribution is 2.46. The lowest BCUT2D eigenvalue weighted by atomic mass is 10.0. The average Bonchev–Trinajstić information content (AvgIpc) is 2.81. The molecule has 0 aliphatic rings. The zero-order chi connectivity index (χ0) is 22.5.